The Morgan fingerprint density at radius 2 is 2.38 bits per heavy atom. The van der Waals surface area contributed by atoms with Crippen LogP contribution in [0.5, 0.6) is 5.75 Å². The van der Waals surface area contributed by atoms with E-state index in [-0.39, 0.29) is 22.3 Å². The fraction of sp³-hybridized carbons (Fsp3) is 0.533. The van der Waals surface area contributed by atoms with Crippen LogP contribution in [0.3, 0.4) is 0 Å². The van der Waals surface area contributed by atoms with Crippen molar-refractivity contribution in [2.45, 2.75) is 31.0 Å². The lowest BCUT2D eigenvalue weighted by atomic mass is 9.91. The van der Waals surface area contributed by atoms with E-state index < -0.39 is 5.97 Å². The van der Waals surface area contributed by atoms with Crippen LogP contribution in [0.1, 0.15) is 29.6 Å². The number of benzene rings is 1. The molecule has 1 aromatic carbocycles. The first-order chi connectivity index (χ1) is 10.1. The van der Waals surface area contributed by atoms with Crippen molar-refractivity contribution in [3.8, 4) is 5.75 Å². The van der Waals surface area contributed by atoms with Gasteiger partial charge in [0.15, 0.2) is 0 Å². The largest absolute Gasteiger partial charge is 0.490 e. The first-order valence-corrected chi connectivity index (χ1v) is 8.52. The number of carboxylic acids is 1. The molecule has 2 atom stereocenters. The summed E-state index contributed by atoms with van der Waals surface area (Å²) in [6.07, 6.45) is 2.83. The normalized spacial score (nSPS) is 28.7. The number of rotatable bonds is 3. The number of ether oxygens (including phenoxy) is 2. The van der Waals surface area contributed by atoms with Crippen LogP contribution < -0.4 is 4.74 Å². The van der Waals surface area contributed by atoms with Gasteiger partial charge in [0, 0.05) is 18.6 Å². The van der Waals surface area contributed by atoms with E-state index in [2.05, 4.69) is 0 Å². The Morgan fingerprint density at radius 3 is 3.10 bits per heavy atom. The van der Waals surface area contributed by atoms with Gasteiger partial charge in [-0.05, 0) is 30.4 Å². The summed E-state index contributed by atoms with van der Waals surface area (Å²) in [6.45, 7) is 0.699. The summed E-state index contributed by atoms with van der Waals surface area (Å²) in [5.41, 5.74) is 0.0303. The van der Waals surface area contributed by atoms with E-state index in [1.807, 2.05) is 11.8 Å². The van der Waals surface area contributed by atoms with Crippen molar-refractivity contribution in [2.24, 2.45) is 0 Å². The molecule has 2 aliphatic rings. The van der Waals surface area contributed by atoms with Crippen molar-refractivity contribution in [2.75, 3.05) is 18.1 Å². The van der Waals surface area contributed by atoms with Crippen molar-refractivity contribution in [3.05, 3.63) is 28.8 Å². The van der Waals surface area contributed by atoms with Crippen LogP contribution in [-0.2, 0) is 4.74 Å². The first-order valence-electron chi connectivity index (χ1n) is 6.99. The standard InChI is InChI=1S/C15H17ClO4S/c16-13-2-1-10(7-12(13)14(17)18)20-11-3-5-19-15(8-11)4-6-21-9-15/h1-2,7,11H,3-6,8-9H2,(H,17,18). The molecule has 3 rings (SSSR count). The van der Waals surface area contributed by atoms with Crippen LogP contribution >= 0.6 is 23.4 Å². The molecule has 2 saturated heterocycles. The molecule has 0 radical (unpaired) electrons. The summed E-state index contributed by atoms with van der Waals surface area (Å²) < 4.78 is 11.9. The molecular formula is C15H17ClO4S. The quantitative estimate of drug-likeness (QED) is 0.920. The summed E-state index contributed by atoms with van der Waals surface area (Å²) in [6, 6.07) is 4.79. The maximum Gasteiger partial charge on any atom is 0.337 e. The van der Waals surface area contributed by atoms with Crippen LogP contribution in [-0.4, -0.2) is 40.9 Å². The molecule has 0 bridgehead atoms. The van der Waals surface area contributed by atoms with Crippen molar-refractivity contribution in [3.63, 3.8) is 0 Å². The number of carboxylic acid groups (broad SMARTS) is 1. The number of hydrogen-bond donors (Lipinski definition) is 1. The van der Waals surface area contributed by atoms with Gasteiger partial charge in [0.1, 0.15) is 11.9 Å². The number of hydrogen-bond acceptors (Lipinski definition) is 4. The molecule has 1 aromatic rings. The van der Waals surface area contributed by atoms with Gasteiger partial charge in [0.05, 0.1) is 22.8 Å². The molecule has 0 aliphatic carbocycles. The van der Waals surface area contributed by atoms with Crippen molar-refractivity contribution >= 4 is 29.3 Å². The lowest BCUT2D eigenvalue weighted by Gasteiger charge is -2.37. The van der Waals surface area contributed by atoms with Gasteiger partial charge in [-0.25, -0.2) is 4.79 Å². The van der Waals surface area contributed by atoms with E-state index in [0.717, 1.165) is 30.8 Å². The minimum Gasteiger partial charge on any atom is -0.490 e. The summed E-state index contributed by atoms with van der Waals surface area (Å²) in [4.78, 5) is 11.1. The molecule has 1 spiro atoms. The number of thioether (sulfide) groups is 1. The SMILES string of the molecule is O=C(O)c1cc(OC2CCOC3(CCSC3)C2)ccc1Cl. The third kappa shape index (κ3) is 3.30. The van der Waals surface area contributed by atoms with Crippen LogP contribution in [0, 0.1) is 0 Å². The predicted molar refractivity (Wildman–Crippen MR) is 82.7 cm³/mol. The maximum absolute atomic E-state index is 11.1. The molecule has 0 aromatic heterocycles. The summed E-state index contributed by atoms with van der Waals surface area (Å²) in [5.74, 6) is 1.68. The molecule has 114 valence electrons. The smallest absolute Gasteiger partial charge is 0.337 e. The van der Waals surface area contributed by atoms with Crippen LogP contribution in [0.25, 0.3) is 0 Å². The fourth-order valence-corrected chi connectivity index (χ4v) is 4.46. The molecular weight excluding hydrogens is 312 g/mol. The molecule has 2 heterocycles. The van der Waals surface area contributed by atoms with Crippen molar-refractivity contribution in [1.29, 1.82) is 0 Å². The summed E-state index contributed by atoms with van der Waals surface area (Å²) in [5, 5.41) is 9.33. The molecule has 21 heavy (non-hydrogen) atoms. The second-order valence-corrected chi connectivity index (χ2v) is 7.03. The fourth-order valence-electron chi connectivity index (χ4n) is 2.88. The second-order valence-electron chi connectivity index (χ2n) is 5.51. The predicted octanol–water partition coefficient (Wildman–Crippen LogP) is 3.47. The van der Waals surface area contributed by atoms with Crippen molar-refractivity contribution in [1.82, 2.24) is 0 Å². The minimum absolute atomic E-state index is 0.0460. The zero-order valence-electron chi connectivity index (χ0n) is 11.5. The Kier molecular flexibility index (Phi) is 4.33. The van der Waals surface area contributed by atoms with Gasteiger partial charge >= 0.3 is 5.97 Å². The highest BCUT2D eigenvalue weighted by Gasteiger charge is 2.41. The number of aromatic carboxylic acids is 1. The van der Waals surface area contributed by atoms with Gasteiger partial charge in [-0.15, -0.1) is 0 Å². The molecule has 0 saturated carbocycles. The Bertz CT molecular complexity index is 542. The van der Waals surface area contributed by atoms with E-state index >= 15 is 0 Å². The van der Waals surface area contributed by atoms with E-state index in [9.17, 15) is 4.79 Å². The zero-order valence-corrected chi connectivity index (χ0v) is 13.1. The monoisotopic (exact) mass is 328 g/mol. The molecule has 2 aliphatic heterocycles. The van der Waals surface area contributed by atoms with E-state index in [0.29, 0.717) is 12.4 Å². The Balaban J connectivity index is 1.71. The summed E-state index contributed by atoms with van der Waals surface area (Å²) in [7, 11) is 0. The minimum atomic E-state index is -1.04. The Labute approximate surface area is 132 Å². The topological polar surface area (TPSA) is 55.8 Å². The zero-order chi connectivity index (χ0) is 14.9. The molecule has 6 heteroatoms. The van der Waals surface area contributed by atoms with Gasteiger partial charge in [-0.3, -0.25) is 0 Å². The molecule has 2 unspecified atom stereocenters. The number of halogens is 1. The van der Waals surface area contributed by atoms with Gasteiger partial charge in [0.25, 0.3) is 0 Å². The highest BCUT2D eigenvalue weighted by atomic mass is 35.5. The summed E-state index contributed by atoms with van der Waals surface area (Å²) >= 11 is 7.79. The molecule has 0 amide bonds. The maximum atomic E-state index is 11.1. The van der Waals surface area contributed by atoms with Gasteiger partial charge in [-0.2, -0.15) is 11.8 Å². The van der Waals surface area contributed by atoms with Gasteiger partial charge in [0.2, 0.25) is 0 Å². The van der Waals surface area contributed by atoms with Crippen molar-refractivity contribution < 1.29 is 19.4 Å². The first kappa shape index (κ1) is 15.0. The number of carbonyl (C=O) groups is 1. The molecule has 4 nitrogen and oxygen atoms in total. The Morgan fingerprint density at radius 1 is 1.52 bits per heavy atom. The third-order valence-corrected chi connectivity index (χ3v) is 5.54. The third-order valence-electron chi connectivity index (χ3n) is 3.99. The second kappa shape index (κ2) is 6.07. The Hall–Kier alpha value is -0.910. The van der Waals surface area contributed by atoms with Gasteiger partial charge < -0.3 is 14.6 Å². The van der Waals surface area contributed by atoms with Gasteiger partial charge in [-0.1, -0.05) is 11.6 Å². The van der Waals surface area contributed by atoms with Crippen LogP contribution in [0.15, 0.2) is 18.2 Å². The lowest BCUT2D eigenvalue weighted by Crippen LogP contribution is -2.43. The average molecular weight is 329 g/mol. The van der Waals surface area contributed by atoms with Crippen LogP contribution in [0.2, 0.25) is 5.02 Å². The molecule has 1 N–H and O–H groups in total. The van der Waals surface area contributed by atoms with E-state index in [1.165, 1.54) is 6.07 Å². The van der Waals surface area contributed by atoms with Crippen LogP contribution in [0.4, 0.5) is 0 Å². The highest BCUT2D eigenvalue weighted by molar-refractivity contribution is 7.99. The van der Waals surface area contributed by atoms with E-state index in [1.54, 1.807) is 12.1 Å². The highest BCUT2D eigenvalue weighted by Crippen LogP contribution is 2.39. The lowest BCUT2D eigenvalue weighted by molar-refractivity contribution is -0.0959. The average Bonchev–Trinajstić information content (AvgIpc) is 2.88. The molecule has 2 fully saturated rings. The van der Waals surface area contributed by atoms with E-state index in [4.69, 9.17) is 26.2 Å².